The SMILES string of the molecule is Cc1ccc(-c2noc(CCC(=O)Nc3cccc(C(F)(F)F)c3)n2)cc1. The van der Waals surface area contributed by atoms with Crippen molar-refractivity contribution in [1.82, 2.24) is 10.1 Å². The van der Waals surface area contributed by atoms with E-state index in [2.05, 4.69) is 15.5 Å². The molecule has 0 spiro atoms. The van der Waals surface area contributed by atoms with Crippen LogP contribution in [0.5, 0.6) is 0 Å². The zero-order valence-corrected chi connectivity index (χ0v) is 14.4. The van der Waals surface area contributed by atoms with Crippen LogP contribution >= 0.6 is 0 Å². The third-order valence-corrected chi connectivity index (χ3v) is 3.82. The number of nitrogens with zero attached hydrogens (tertiary/aromatic N) is 2. The van der Waals surface area contributed by atoms with Gasteiger partial charge in [-0.1, -0.05) is 41.1 Å². The van der Waals surface area contributed by atoms with Gasteiger partial charge in [-0.3, -0.25) is 4.79 Å². The minimum absolute atomic E-state index is 0.00573. The summed E-state index contributed by atoms with van der Waals surface area (Å²) >= 11 is 0. The van der Waals surface area contributed by atoms with E-state index in [0.29, 0.717) is 5.82 Å². The van der Waals surface area contributed by atoms with E-state index in [9.17, 15) is 18.0 Å². The molecule has 0 aliphatic heterocycles. The Morgan fingerprint density at radius 3 is 2.59 bits per heavy atom. The number of benzene rings is 2. The van der Waals surface area contributed by atoms with E-state index in [1.165, 1.54) is 12.1 Å². The van der Waals surface area contributed by atoms with E-state index >= 15 is 0 Å². The Kier molecular flexibility index (Phi) is 5.25. The second kappa shape index (κ2) is 7.61. The van der Waals surface area contributed by atoms with Gasteiger partial charge < -0.3 is 9.84 Å². The molecule has 140 valence electrons. The predicted molar refractivity (Wildman–Crippen MR) is 92.9 cm³/mol. The van der Waals surface area contributed by atoms with Gasteiger partial charge in [0.1, 0.15) is 0 Å². The number of hydrogen-bond donors (Lipinski definition) is 1. The summed E-state index contributed by atoms with van der Waals surface area (Å²) in [6, 6.07) is 12.1. The molecule has 27 heavy (non-hydrogen) atoms. The molecule has 0 aliphatic rings. The molecule has 1 N–H and O–H groups in total. The number of amides is 1. The zero-order chi connectivity index (χ0) is 19.4. The largest absolute Gasteiger partial charge is 0.416 e. The molecule has 0 aliphatic carbocycles. The summed E-state index contributed by atoms with van der Waals surface area (Å²) in [4.78, 5) is 16.2. The minimum Gasteiger partial charge on any atom is -0.339 e. The maximum Gasteiger partial charge on any atom is 0.416 e. The molecule has 1 heterocycles. The first-order chi connectivity index (χ1) is 12.8. The molecule has 8 heteroatoms. The monoisotopic (exact) mass is 375 g/mol. The summed E-state index contributed by atoms with van der Waals surface area (Å²) in [6.45, 7) is 1.97. The van der Waals surface area contributed by atoms with Crippen LogP contribution in [0.25, 0.3) is 11.4 Å². The van der Waals surface area contributed by atoms with Crippen molar-refractivity contribution in [3.05, 3.63) is 65.5 Å². The lowest BCUT2D eigenvalue weighted by Gasteiger charge is -2.09. The maximum absolute atomic E-state index is 12.7. The molecule has 0 unspecified atom stereocenters. The number of carbonyl (C=O) groups excluding carboxylic acids is 1. The van der Waals surface area contributed by atoms with Crippen LogP contribution in [-0.2, 0) is 17.4 Å². The normalized spacial score (nSPS) is 11.4. The van der Waals surface area contributed by atoms with E-state index in [1.54, 1.807) is 0 Å². The van der Waals surface area contributed by atoms with Crippen molar-refractivity contribution in [3.63, 3.8) is 0 Å². The Bertz CT molecular complexity index is 934. The lowest BCUT2D eigenvalue weighted by atomic mass is 10.1. The quantitative estimate of drug-likeness (QED) is 0.706. The number of alkyl halides is 3. The van der Waals surface area contributed by atoms with Crippen molar-refractivity contribution in [2.75, 3.05) is 5.32 Å². The molecule has 3 aromatic rings. The second-order valence-corrected chi connectivity index (χ2v) is 6.00. The average molecular weight is 375 g/mol. The highest BCUT2D eigenvalue weighted by molar-refractivity contribution is 5.90. The highest BCUT2D eigenvalue weighted by Gasteiger charge is 2.30. The summed E-state index contributed by atoms with van der Waals surface area (Å²) in [6.07, 6.45) is -4.27. The fourth-order valence-corrected chi connectivity index (χ4v) is 2.39. The van der Waals surface area contributed by atoms with Crippen molar-refractivity contribution < 1.29 is 22.5 Å². The van der Waals surface area contributed by atoms with Crippen molar-refractivity contribution in [2.45, 2.75) is 25.9 Å². The number of aryl methyl sites for hydroxylation is 2. The number of carbonyl (C=O) groups is 1. The third-order valence-electron chi connectivity index (χ3n) is 3.82. The molecule has 0 bridgehead atoms. The van der Waals surface area contributed by atoms with Gasteiger partial charge in [-0.15, -0.1) is 0 Å². The Labute approximate surface area is 153 Å². The van der Waals surface area contributed by atoms with Crippen LogP contribution in [0.3, 0.4) is 0 Å². The van der Waals surface area contributed by atoms with Crippen LogP contribution in [0.15, 0.2) is 53.1 Å². The smallest absolute Gasteiger partial charge is 0.339 e. The number of rotatable bonds is 5. The summed E-state index contributed by atoms with van der Waals surface area (Å²) in [5.41, 5.74) is 1.17. The van der Waals surface area contributed by atoms with E-state index in [1.807, 2.05) is 31.2 Å². The number of anilines is 1. The number of hydrogen-bond acceptors (Lipinski definition) is 4. The molecule has 0 atom stereocenters. The number of halogens is 3. The van der Waals surface area contributed by atoms with Crippen molar-refractivity contribution in [1.29, 1.82) is 0 Å². The molecule has 0 fully saturated rings. The van der Waals surface area contributed by atoms with E-state index in [-0.39, 0.29) is 24.4 Å². The summed E-state index contributed by atoms with van der Waals surface area (Å²) < 4.78 is 43.2. The van der Waals surface area contributed by atoms with Gasteiger partial charge in [-0.2, -0.15) is 18.2 Å². The highest BCUT2D eigenvalue weighted by atomic mass is 19.4. The molecule has 5 nitrogen and oxygen atoms in total. The predicted octanol–water partition coefficient (Wildman–Crippen LogP) is 4.64. The Morgan fingerprint density at radius 2 is 1.89 bits per heavy atom. The van der Waals surface area contributed by atoms with E-state index in [0.717, 1.165) is 23.3 Å². The average Bonchev–Trinajstić information content (AvgIpc) is 3.09. The van der Waals surface area contributed by atoms with Gasteiger partial charge in [-0.05, 0) is 25.1 Å². The molecule has 0 saturated heterocycles. The second-order valence-electron chi connectivity index (χ2n) is 6.00. The van der Waals surface area contributed by atoms with Gasteiger partial charge in [0.05, 0.1) is 5.56 Å². The zero-order valence-electron chi connectivity index (χ0n) is 14.4. The first-order valence-electron chi connectivity index (χ1n) is 8.18. The standard InChI is InChI=1S/C19H16F3N3O2/c1-12-5-7-13(8-6-12)18-24-17(27-25-18)10-9-16(26)23-15-4-2-3-14(11-15)19(20,21)22/h2-8,11H,9-10H2,1H3,(H,23,26). The molecule has 1 aromatic heterocycles. The Morgan fingerprint density at radius 1 is 1.15 bits per heavy atom. The number of nitrogens with one attached hydrogen (secondary N) is 1. The lowest BCUT2D eigenvalue weighted by molar-refractivity contribution is -0.137. The minimum atomic E-state index is -4.46. The van der Waals surface area contributed by atoms with Gasteiger partial charge >= 0.3 is 6.18 Å². The molecule has 0 saturated carbocycles. The van der Waals surface area contributed by atoms with Crippen LogP contribution in [0.1, 0.15) is 23.4 Å². The first kappa shape index (κ1) is 18.6. The lowest BCUT2D eigenvalue weighted by Crippen LogP contribution is -2.13. The van der Waals surface area contributed by atoms with Gasteiger partial charge in [0, 0.05) is 24.1 Å². The van der Waals surface area contributed by atoms with E-state index < -0.39 is 17.6 Å². The first-order valence-corrected chi connectivity index (χ1v) is 8.18. The van der Waals surface area contributed by atoms with Gasteiger partial charge in [0.15, 0.2) is 0 Å². The molecule has 2 aromatic carbocycles. The Hall–Kier alpha value is -3.16. The van der Waals surface area contributed by atoms with Crippen molar-refractivity contribution >= 4 is 11.6 Å². The fourth-order valence-electron chi connectivity index (χ4n) is 2.39. The molecule has 1 amide bonds. The Balaban J connectivity index is 1.58. The highest BCUT2D eigenvalue weighted by Crippen LogP contribution is 2.30. The van der Waals surface area contributed by atoms with Gasteiger partial charge in [0.25, 0.3) is 0 Å². The van der Waals surface area contributed by atoms with Gasteiger partial charge in [0.2, 0.25) is 17.6 Å². The molecular weight excluding hydrogens is 359 g/mol. The van der Waals surface area contributed by atoms with Crippen LogP contribution in [0.4, 0.5) is 18.9 Å². The number of aromatic nitrogens is 2. The molecule has 0 radical (unpaired) electrons. The third kappa shape index (κ3) is 4.93. The maximum atomic E-state index is 12.7. The topological polar surface area (TPSA) is 68.0 Å². The van der Waals surface area contributed by atoms with Crippen LogP contribution in [0.2, 0.25) is 0 Å². The fraction of sp³-hybridized carbons (Fsp3) is 0.211. The summed E-state index contributed by atoms with van der Waals surface area (Å²) in [7, 11) is 0. The van der Waals surface area contributed by atoms with Crippen LogP contribution in [0, 0.1) is 6.92 Å². The van der Waals surface area contributed by atoms with Crippen molar-refractivity contribution in [3.8, 4) is 11.4 Å². The van der Waals surface area contributed by atoms with Crippen LogP contribution < -0.4 is 5.32 Å². The van der Waals surface area contributed by atoms with E-state index in [4.69, 9.17) is 4.52 Å². The molecular formula is C19H16F3N3O2. The van der Waals surface area contributed by atoms with Crippen LogP contribution in [-0.4, -0.2) is 16.0 Å². The van der Waals surface area contributed by atoms with Crippen molar-refractivity contribution in [2.24, 2.45) is 0 Å². The van der Waals surface area contributed by atoms with Gasteiger partial charge in [-0.25, -0.2) is 0 Å². The summed E-state index contributed by atoms with van der Waals surface area (Å²) in [5.74, 6) is 0.262. The summed E-state index contributed by atoms with van der Waals surface area (Å²) in [5, 5.41) is 6.31. The molecule has 3 rings (SSSR count).